The van der Waals surface area contributed by atoms with Crippen LogP contribution in [0.1, 0.15) is 19.4 Å². The van der Waals surface area contributed by atoms with E-state index in [4.69, 9.17) is 9.47 Å². The lowest BCUT2D eigenvalue weighted by atomic mass is 10.1. The van der Waals surface area contributed by atoms with E-state index in [0.717, 1.165) is 9.87 Å². The molecule has 0 spiro atoms. The van der Waals surface area contributed by atoms with E-state index in [1.807, 2.05) is 30.3 Å². The molecule has 7 nitrogen and oxygen atoms in total. The Kier molecular flexibility index (Phi) is 6.77. The maximum atomic E-state index is 13.1. The molecule has 30 heavy (non-hydrogen) atoms. The van der Waals surface area contributed by atoms with Gasteiger partial charge in [0.15, 0.2) is 0 Å². The third-order valence-electron chi connectivity index (χ3n) is 4.64. The van der Waals surface area contributed by atoms with Crippen molar-refractivity contribution in [2.75, 3.05) is 13.2 Å². The van der Waals surface area contributed by atoms with Gasteiger partial charge in [-0.2, -0.15) is 4.31 Å². The topological polar surface area (TPSA) is 93.1 Å². The van der Waals surface area contributed by atoms with E-state index in [1.165, 1.54) is 24.3 Å². The van der Waals surface area contributed by atoms with Crippen molar-refractivity contribution in [2.24, 2.45) is 0 Å². The van der Waals surface area contributed by atoms with Crippen molar-refractivity contribution in [3.8, 4) is 17.6 Å². The molecular formula is C22H23NO6S. The minimum absolute atomic E-state index is 0.00207. The van der Waals surface area contributed by atoms with Crippen LogP contribution in [0.4, 0.5) is 0 Å². The number of carboxylic acid groups (broad SMARTS) is 1. The third-order valence-corrected chi connectivity index (χ3v) is 6.50. The van der Waals surface area contributed by atoms with Crippen molar-refractivity contribution in [2.45, 2.75) is 37.0 Å². The zero-order valence-electron chi connectivity index (χ0n) is 16.7. The van der Waals surface area contributed by atoms with E-state index in [-0.39, 0.29) is 18.0 Å². The molecule has 2 aromatic carbocycles. The highest BCUT2D eigenvalue weighted by Crippen LogP contribution is 2.27. The smallest absolute Gasteiger partial charge is 0.324 e. The number of nitrogens with zero attached hydrogens (tertiary/aromatic N) is 1. The zero-order valence-corrected chi connectivity index (χ0v) is 17.5. The summed E-state index contributed by atoms with van der Waals surface area (Å²) in [5.74, 6) is 5.10. The second-order valence-corrected chi connectivity index (χ2v) is 8.83. The standard InChI is InChI=1S/C22H23NO6S/c1-16-15-23(21(22(24)25)17(2)29-16)30(26,27)20-12-10-19(11-13-20)28-14-6-9-18-7-4-3-5-8-18/h3-5,7-8,10-13,16-17,21H,14-15H2,1-2H3,(H,24,25). The molecule has 1 saturated heterocycles. The lowest BCUT2D eigenvalue weighted by molar-refractivity contribution is -0.155. The quantitative estimate of drug-likeness (QED) is 0.734. The number of sulfonamides is 1. The van der Waals surface area contributed by atoms with Gasteiger partial charge < -0.3 is 14.6 Å². The molecule has 0 aromatic heterocycles. The van der Waals surface area contributed by atoms with Gasteiger partial charge in [-0.15, -0.1) is 0 Å². The molecule has 0 radical (unpaired) electrons. The number of hydrogen-bond acceptors (Lipinski definition) is 5. The van der Waals surface area contributed by atoms with Gasteiger partial charge >= 0.3 is 5.97 Å². The molecule has 1 aliphatic rings. The van der Waals surface area contributed by atoms with Crippen molar-refractivity contribution in [3.63, 3.8) is 0 Å². The van der Waals surface area contributed by atoms with Gasteiger partial charge in [-0.1, -0.05) is 30.0 Å². The van der Waals surface area contributed by atoms with E-state index in [2.05, 4.69) is 11.8 Å². The number of carboxylic acids is 1. The van der Waals surface area contributed by atoms with Gasteiger partial charge in [0.1, 0.15) is 18.4 Å². The predicted octanol–water partition coefficient (Wildman–Crippen LogP) is 2.37. The van der Waals surface area contributed by atoms with Crippen LogP contribution >= 0.6 is 0 Å². The van der Waals surface area contributed by atoms with E-state index in [1.54, 1.807) is 13.8 Å². The van der Waals surface area contributed by atoms with Gasteiger partial charge in [-0.25, -0.2) is 8.42 Å². The van der Waals surface area contributed by atoms with Crippen LogP contribution in [-0.4, -0.2) is 55.2 Å². The van der Waals surface area contributed by atoms with Crippen LogP contribution < -0.4 is 4.74 Å². The third kappa shape index (κ3) is 5.00. The Morgan fingerprint density at radius 3 is 2.47 bits per heavy atom. The summed E-state index contributed by atoms with van der Waals surface area (Å²) < 4.78 is 38.2. The first-order chi connectivity index (χ1) is 14.3. The highest BCUT2D eigenvalue weighted by molar-refractivity contribution is 7.89. The first kappa shape index (κ1) is 21.8. The fourth-order valence-corrected chi connectivity index (χ4v) is 5.00. The van der Waals surface area contributed by atoms with Gasteiger partial charge in [0.25, 0.3) is 0 Å². The summed E-state index contributed by atoms with van der Waals surface area (Å²) in [6.45, 7) is 3.40. The van der Waals surface area contributed by atoms with Gasteiger partial charge in [-0.3, -0.25) is 4.79 Å². The minimum Gasteiger partial charge on any atom is -0.481 e. The minimum atomic E-state index is -4.01. The summed E-state index contributed by atoms with van der Waals surface area (Å²) in [7, 11) is -4.01. The highest BCUT2D eigenvalue weighted by atomic mass is 32.2. The SMILES string of the molecule is CC1CN(S(=O)(=O)c2ccc(OCC#Cc3ccccc3)cc2)C(C(=O)O)C(C)O1. The lowest BCUT2D eigenvalue weighted by Gasteiger charge is -2.39. The molecule has 8 heteroatoms. The molecule has 3 unspecified atom stereocenters. The number of aliphatic carboxylic acids is 1. The molecule has 0 saturated carbocycles. The molecule has 0 bridgehead atoms. The number of rotatable bonds is 5. The fraction of sp³-hybridized carbons (Fsp3) is 0.318. The summed E-state index contributed by atoms with van der Waals surface area (Å²) in [4.78, 5) is 11.6. The van der Waals surface area contributed by atoms with Gasteiger partial charge in [0.2, 0.25) is 10.0 Å². The van der Waals surface area contributed by atoms with E-state index in [9.17, 15) is 18.3 Å². The van der Waals surface area contributed by atoms with Gasteiger partial charge in [0, 0.05) is 12.1 Å². The van der Waals surface area contributed by atoms with Crippen LogP contribution in [0.2, 0.25) is 0 Å². The van der Waals surface area contributed by atoms with Crippen LogP contribution in [0.3, 0.4) is 0 Å². The molecule has 1 N–H and O–H groups in total. The maximum Gasteiger partial charge on any atom is 0.324 e. The summed E-state index contributed by atoms with van der Waals surface area (Å²) in [5, 5.41) is 9.50. The number of benzene rings is 2. The van der Waals surface area contributed by atoms with E-state index >= 15 is 0 Å². The van der Waals surface area contributed by atoms with E-state index in [0.29, 0.717) is 5.75 Å². The molecular weight excluding hydrogens is 406 g/mol. The molecule has 0 amide bonds. The molecule has 3 atom stereocenters. The van der Waals surface area contributed by atoms with Crippen molar-refractivity contribution < 1.29 is 27.8 Å². The number of ether oxygens (including phenoxy) is 2. The number of carbonyl (C=O) groups is 1. The van der Waals surface area contributed by atoms with Gasteiger partial charge in [0.05, 0.1) is 17.1 Å². The first-order valence-electron chi connectivity index (χ1n) is 9.46. The van der Waals surface area contributed by atoms with E-state index < -0.39 is 34.2 Å². The Morgan fingerprint density at radius 2 is 1.83 bits per heavy atom. The Labute approximate surface area is 176 Å². The predicted molar refractivity (Wildman–Crippen MR) is 111 cm³/mol. The zero-order chi connectivity index (χ0) is 21.7. The van der Waals surface area contributed by atoms with Crippen molar-refractivity contribution >= 4 is 16.0 Å². The van der Waals surface area contributed by atoms with Crippen molar-refractivity contribution in [1.82, 2.24) is 4.31 Å². The first-order valence-corrected chi connectivity index (χ1v) is 10.9. The van der Waals surface area contributed by atoms with Gasteiger partial charge in [-0.05, 0) is 50.2 Å². The Balaban J connectivity index is 1.71. The Morgan fingerprint density at radius 1 is 1.17 bits per heavy atom. The van der Waals surface area contributed by atoms with Crippen LogP contribution in [0.5, 0.6) is 5.75 Å². The highest BCUT2D eigenvalue weighted by Gasteiger charge is 2.44. The molecule has 3 rings (SSSR count). The molecule has 1 heterocycles. The second-order valence-electron chi connectivity index (χ2n) is 6.94. The number of morpholine rings is 1. The lowest BCUT2D eigenvalue weighted by Crippen LogP contribution is -2.58. The molecule has 1 fully saturated rings. The summed E-state index contributed by atoms with van der Waals surface area (Å²) in [6, 6.07) is 14.1. The van der Waals surface area contributed by atoms with Crippen LogP contribution in [-0.2, 0) is 19.6 Å². The van der Waals surface area contributed by atoms with Crippen LogP contribution in [0.25, 0.3) is 0 Å². The average molecular weight is 429 g/mol. The van der Waals surface area contributed by atoms with Crippen molar-refractivity contribution in [3.05, 3.63) is 60.2 Å². The molecule has 158 valence electrons. The number of hydrogen-bond donors (Lipinski definition) is 1. The largest absolute Gasteiger partial charge is 0.481 e. The van der Waals surface area contributed by atoms with Crippen molar-refractivity contribution in [1.29, 1.82) is 0 Å². The Hall–Kier alpha value is -2.86. The molecule has 1 aliphatic heterocycles. The second kappa shape index (κ2) is 9.30. The summed E-state index contributed by atoms with van der Waals surface area (Å²) >= 11 is 0. The summed E-state index contributed by atoms with van der Waals surface area (Å²) in [6.07, 6.45) is -1.16. The monoisotopic (exact) mass is 429 g/mol. The van der Waals surface area contributed by atoms with Crippen LogP contribution in [0, 0.1) is 11.8 Å². The molecule has 0 aliphatic carbocycles. The van der Waals surface area contributed by atoms with Crippen LogP contribution in [0.15, 0.2) is 59.5 Å². The fourth-order valence-electron chi connectivity index (χ4n) is 3.28. The Bertz CT molecular complexity index is 1040. The molecule has 2 aromatic rings. The average Bonchev–Trinajstić information content (AvgIpc) is 2.71. The summed E-state index contributed by atoms with van der Waals surface area (Å²) in [5.41, 5.74) is 0.879. The maximum absolute atomic E-state index is 13.1. The normalized spacial score (nSPS) is 22.0.